The number of carbonyl (C=O) groups excluding carboxylic acids is 2. The molecular formula is C28H31BrClN3O4S. The van der Waals surface area contributed by atoms with E-state index in [-0.39, 0.29) is 17.3 Å². The third-order valence-electron chi connectivity index (χ3n) is 5.93. The van der Waals surface area contributed by atoms with Gasteiger partial charge in [-0.25, -0.2) is 8.42 Å². The summed E-state index contributed by atoms with van der Waals surface area (Å²) in [6, 6.07) is 19.3. The number of hydrogen-bond acceptors (Lipinski definition) is 4. The Morgan fingerprint density at radius 3 is 2.34 bits per heavy atom. The van der Waals surface area contributed by atoms with Gasteiger partial charge in [-0.15, -0.1) is 0 Å². The normalized spacial score (nSPS) is 12.0. The summed E-state index contributed by atoms with van der Waals surface area (Å²) >= 11 is 9.43. The molecule has 1 N–H and O–H groups in total. The third-order valence-corrected chi connectivity index (χ3v) is 8.46. The summed E-state index contributed by atoms with van der Waals surface area (Å²) in [5, 5.41) is 3.23. The predicted molar refractivity (Wildman–Crippen MR) is 155 cm³/mol. The van der Waals surface area contributed by atoms with Crippen LogP contribution < -0.4 is 9.62 Å². The molecule has 3 aromatic carbocycles. The van der Waals surface area contributed by atoms with Crippen LogP contribution in [0.15, 0.2) is 82.2 Å². The van der Waals surface area contributed by atoms with Gasteiger partial charge in [0.05, 0.1) is 10.6 Å². The van der Waals surface area contributed by atoms with Crippen molar-refractivity contribution in [2.75, 3.05) is 17.4 Å². The van der Waals surface area contributed by atoms with E-state index >= 15 is 0 Å². The van der Waals surface area contributed by atoms with Gasteiger partial charge in [-0.2, -0.15) is 0 Å². The molecule has 0 unspecified atom stereocenters. The maximum Gasteiger partial charge on any atom is 0.264 e. The van der Waals surface area contributed by atoms with Gasteiger partial charge in [0.1, 0.15) is 12.6 Å². The van der Waals surface area contributed by atoms with Gasteiger partial charge in [0.25, 0.3) is 10.0 Å². The molecule has 202 valence electrons. The fourth-order valence-corrected chi connectivity index (χ4v) is 5.83. The van der Waals surface area contributed by atoms with E-state index in [2.05, 4.69) is 21.2 Å². The van der Waals surface area contributed by atoms with E-state index in [0.29, 0.717) is 17.3 Å². The number of halogens is 2. The van der Waals surface area contributed by atoms with Crippen molar-refractivity contribution in [3.63, 3.8) is 0 Å². The molecule has 10 heteroatoms. The van der Waals surface area contributed by atoms with E-state index in [1.165, 1.54) is 29.2 Å². The van der Waals surface area contributed by atoms with E-state index in [1.54, 1.807) is 25.1 Å². The number of benzene rings is 3. The molecule has 7 nitrogen and oxygen atoms in total. The number of hydrogen-bond donors (Lipinski definition) is 1. The van der Waals surface area contributed by atoms with Gasteiger partial charge in [0.15, 0.2) is 0 Å². The maximum absolute atomic E-state index is 13.9. The number of anilines is 1. The zero-order chi connectivity index (χ0) is 27.9. The number of amides is 2. The van der Waals surface area contributed by atoms with Crippen LogP contribution in [0.2, 0.25) is 5.02 Å². The minimum Gasteiger partial charge on any atom is -0.354 e. The molecule has 0 aliphatic carbocycles. The maximum atomic E-state index is 13.9. The van der Waals surface area contributed by atoms with Crippen LogP contribution in [0.5, 0.6) is 0 Å². The van der Waals surface area contributed by atoms with Gasteiger partial charge in [0.2, 0.25) is 11.8 Å². The number of nitrogens with one attached hydrogen (secondary N) is 1. The van der Waals surface area contributed by atoms with Gasteiger partial charge in [-0.3, -0.25) is 13.9 Å². The molecule has 2 amide bonds. The Hall–Kier alpha value is -2.88. The molecule has 0 aromatic heterocycles. The SMILES string of the molecule is CCCNC(=O)[C@@H](C)N(Cc1cccc(Br)c1)C(=O)CN(c1cccc(C)c1)S(=O)(=O)c1ccc(Cl)cc1. The lowest BCUT2D eigenvalue weighted by Gasteiger charge is -2.32. The molecule has 0 aliphatic rings. The Morgan fingerprint density at radius 1 is 1.03 bits per heavy atom. The fraction of sp³-hybridized carbons (Fsp3) is 0.286. The Labute approximate surface area is 238 Å². The lowest BCUT2D eigenvalue weighted by atomic mass is 10.1. The van der Waals surface area contributed by atoms with Crippen molar-refractivity contribution in [3.8, 4) is 0 Å². The second-order valence-electron chi connectivity index (χ2n) is 8.92. The quantitative estimate of drug-likeness (QED) is 0.305. The van der Waals surface area contributed by atoms with Crippen LogP contribution in [0, 0.1) is 6.92 Å². The van der Waals surface area contributed by atoms with Crippen molar-refractivity contribution in [2.45, 2.75) is 44.7 Å². The summed E-state index contributed by atoms with van der Waals surface area (Å²) in [5.41, 5.74) is 1.98. The first-order valence-corrected chi connectivity index (χ1v) is 14.8. The van der Waals surface area contributed by atoms with Crippen LogP contribution in [0.4, 0.5) is 5.69 Å². The van der Waals surface area contributed by atoms with Crippen molar-refractivity contribution >= 4 is 55.1 Å². The van der Waals surface area contributed by atoms with E-state index in [1.807, 2.05) is 44.2 Å². The van der Waals surface area contributed by atoms with Gasteiger partial charge in [-0.1, -0.05) is 58.7 Å². The smallest absolute Gasteiger partial charge is 0.264 e. The third kappa shape index (κ3) is 7.58. The number of nitrogens with zero attached hydrogens (tertiary/aromatic N) is 2. The molecule has 38 heavy (non-hydrogen) atoms. The second-order valence-corrected chi connectivity index (χ2v) is 12.1. The van der Waals surface area contributed by atoms with E-state index < -0.39 is 28.5 Å². The summed E-state index contributed by atoms with van der Waals surface area (Å²) < 4.78 is 29.5. The number of sulfonamides is 1. The van der Waals surface area contributed by atoms with E-state index in [0.717, 1.165) is 26.3 Å². The summed E-state index contributed by atoms with van der Waals surface area (Å²) in [7, 11) is -4.14. The fourth-order valence-electron chi connectivity index (χ4n) is 3.86. The Bertz CT molecular complexity index is 1380. The summed E-state index contributed by atoms with van der Waals surface area (Å²) in [4.78, 5) is 28.2. The van der Waals surface area contributed by atoms with Crippen LogP contribution in [0.1, 0.15) is 31.4 Å². The average molecular weight is 621 g/mol. The molecule has 3 aromatic rings. The van der Waals surface area contributed by atoms with Gasteiger partial charge >= 0.3 is 0 Å². The molecule has 0 spiro atoms. The number of rotatable bonds is 11. The molecular weight excluding hydrogens is 590 g/mol. The highest BCUT2D eigenvalue weighted by Crippen LogP contribution is 2.26. The summed E-state index contributed by atoms with van der Waals surface area (Å²) in [5.74, 6) is -0.818. The first-order valence-electron chi connectivity index (χ1n) is 12.2. The zero-order valence-electron chi connectivity index (χ0n) is 21.5. The van der Waals surface area contributed by atoms with Gasteiger partial charge in [-0.05, 0) is 79.9 Å². The Kier molecular flexibility index (Phi) is 10.4. The molecule has 0 saturated heterocycles. The minimum absolute atomic E-state index is 0.00323. The highest BCUT2D eigenvalue weighted by Gasteiger charge is 2.32. The molecule has 0 fully saturated rings. The van der Waals surface area contributed by atoms with E-state index in [4.69, 9.17) is 11.6 Å². The number of aryl methyl sites for hydroxylation is 1. The van der Waals surface area contributed by atoms with Crippen LogP contribution >= 0.6 is 27.5 Å². The van der Waals surface area contributed by atoms with Crippen molar-refractivity contribution in [2.24, 2.45) is 0 Å². The van der Waals surface area contributed by atoms with Crippen LogP contribution in [-0.4, -0.2) is 44.3 Å². The topological polar surface area (TPSA) is 86.8 Å². The van der Waals surface area contributed by atoms with Crippen LogP contribution in [0.25, 0.3) is 0 Å². The Morgan fingerprint density at radius 2 is 1.71 bits per heavy atom. The first-order chi connectivity index (χ1) is 18.0. The highest BCUT2D eigenvalue weighted by molar-refractivity contribution is 9.10. The molecule has 0 aliphatic heterocycles. The highest BCUT2D eigenvalue weighted by atomic mass is 79.9. The second kappa shape index (κ2) is 13.3. The molecule has 0 radical (unpaired) electrons. The Balaban J connectivity index is 2.02. The minimum atomic E-state index is -4.14. The van der Waals surface area contributed by atoms with Crippen LogP contribution in [-0.2, 0) is 26.2 Å². The standard InChI is InChI=1S/C28H31BrClN3O4S/c1-4-15-31-28(35)21(3)32(18-22-8-6-9-23(29)17-22)27(34)19-33(25-10-5-7-20(2)16-25)38(36,37)26-13-11-24(30)12-14-26/h5-14,16-17,21H,4,15,18-19H2,1-3H3,(H,31,35)/t21-/m1/s1. The van der Waals surface area contributed by atoms with Gasteiger partial charge in [0, 0.05) is 22.6 Å². The summed E-state index contributed by atoms with van der Waals surface area (Å²) in [6.45, 7) is 5.54. The molecule has 0 bridgehead atoms. The predicted octanol–water partition coefficient (Wildman–Crippen LogP) is 5.55. The molecule has 1 atom stereocenters. The monoisotopic (exact) mass is 619 g/mol. The molecule has 0 saturated carbocycles. The first kappa shape index (κ1) is 29.7. The van der Waals surface area contributed by atoms with Crippen molar-refractivity contribution < 1.29 is 18.0 Å². The van der Waals surface area contributed by atoms with Crippen molar-refractivity contribution in [1.29, 1.82) is 0 Å². The average Bonchev–Trinajstić information content (AvgIpc) is 2.88. The van der Waals surface area contributed by atoms with Crippen LogP contribution in [0.3, 0.4) is 0 Å². The number of carbonyl (C=O) groups is 2. The molecule has 3 rings (SSSR count). The van der Waals surface area contributed by atoms with Crippen molar-refractivity contribution in [3.05, 3.63) is 93.4 Å². The zero-order valence-corrected chi connectivity index (χ0v) is 24.7. The summed E-state index contributed by atoms with van der Waals surface area (Å²) in [6.07, 6.45) is 0.749. The lowest BCUT2D eigenvalue weighted by Crippen LogP contribution is -2.51. The lowest BCUT2D eigenvalue weighted by molar-refractivity contribution is -0.139. The van der Waals surface area contributed by atoms with Crippen molar-refractivity contribution in [1.82, 2.24) is 10.2 Å². The molecule has 0 heterocycles. The van der Waals surface area contributed by atoms with Gasteiger partial charge < -0.3 is 10.2 Å². The largest absolute Gasteiger partial charge is 0.354 e. The van der Waals surface area contributed by atoms with E-state index in [9.17, 15) is 18.0 Å².